The molecule has 0 unspecified atom stereocenters. The van der Waals surface area contributed by atoms with Crippen LogP contribution in [0.1, 0.15) is 116 Å². The van der Waals surface area contributed by atoms with Crippen molar-refractivity contribution in [2.45, 2.75) is 179 Å². The first-order chi connectivity index (χ1) is 34.0. The number of Topliss-reactive ketones (excluding diaryl/α,β-unsaturated/α-hetero) is 1. The Hall–Kier alpha value is -4.93. The third kappa shape index (κ3) is 12.2. The number of carbonyl (C=O) groups is 5. The summed E-state index contributed by atoms with van der Waals surface area (Å²) in [6.07, 6.45) is -2.71. The van der Waals surface area contributed by atoms with Gasteiger partial charge in [-0.2, -0.15) is 0 Å². The van der Waals surface area contributed by atoms with Crippen LogP contribution in [0.3, 0.4) is 0 Å². The van der Waals surface area contributed by atoms with E-state index in [0.717, 1.165) is 0 Å². The second kappa shape index (κ2) is 23.5. The number of carbonyl (C=O) groups excluding carboxylic acids is 5. The van der Waals surface area contributed by atoms with Crippen molar-refractivity contribution < 1.29 is 71.3 Å². The number of ketones is 1. The van der Waals surface area contributed by atoms with Crippen LogP contribution in [0.4, 0.5) is 4.79 Å². The molecule has 0 aliphatic carbocycles. The van der Waals surface area contributed by atoms with Crippen LogP contribution in [-0.2, 0) is 57.0 Å². The summed E-state index contributed by atoms with van der Waals surface area (Å²) >= 11 is 0. The van der Waals surface area contributed by atoms with Gasteiger partial charge in [0.2, 0.25) is 0 Å². The molecule has 0 saturated carbocycles. The number of esters is 3. The number of ether oxygens (including phenoxy) is 10. The Kier molecular flexibility index (Phi) is 18.4. The fourth-order valence-corrected chi connectivity index (χ4v) is 11.3. The number of amides is 1. The highest BCUT2D eigenvalue weighted by molar-refractivity contribution is 5.90. The fourth-order valence-electron chi connectivity index (χ4n) is 11.3. The molecule has 18 atom stereocenters. The highest BCUT2D eigenvalue weighted by atomic mass is 16.7. The largest absolute Gasteiger partial charge is 0.458 e. The van der Waals surface area contributed by atoms with E-state index < -0.39 is 126 Å². The topological polar surface area (TPSA) is 193 Å². The summed E-state index contributed by atoms with van der Waals surface area (Å²) in [7, 11) is 5.29. The number of nitrogens with one attached hydrogen (secondary N) is 1. The molecule has 0 bridgehead atoms. The van der Waals surface area contributed by atoms with Gasteiger partial charge in [0, 0.05) is 31.3 Å². The van der Waals surface area contributed by atoms with Gasteiger partial charge in [0.25, 0.3) is 0 Å². The van der Waals surface area contributed by atoms with Crippen LogP contribution in [0.25, 0.3) is 0 Å². The summed E-state index contributed by atoms with van der Waals surface area (Å²) in [6, 6.07) is 15.9. The van der Waals surface area contributed by atoms with Gasteiger partial charge in [-0.25, -0.2) is 14.4 Å². The summed E-state index contributed by atoms with van der Waals surface area (Å²) < 4.78 is 65.2. The number of alkyl carbamates (subject to hydrolysis) is 1. The highest BCUT2D eigenvalue weighted by Crippen LogP contribution is 2.44. The minimum atomic E-state index is -1.47. The van der Waals surface area contributed by atoms with Gasteiger partial charge in [-0.1, -0.05) is 70.0 Å². The SMILES string of the molecule is C#CCO[C@@]1(C)C[C@@H](C)C(=O)[C@@H](C)[C@H]2NC(=O)O[C@@]2(C)[C@H](CC)OC(=O)[C@H](C)[C@H](O[C@H]2C[C@@](C)(OC)[C@@H](OC(=O)c3ccccc3)[C@H](C)O2)[C@H](C)[C@H]1O[C@@H]1O[C@H](C)C[C@H](N(C)C)[C@H]1OC(=O)c1ccccc1. The van der Waals surface area contributed by atoms with E-state index in [0.29, 0.717) is 17.5 Å². The van der Waals surface area contributed by atoms with E-state index in [1.807, 2.05) is 32.8 Å². The van der Waals surface area contributed by atoms with Crippen LogP contribution in [-0.4, -0.2) is 147 Å². The lowest BCUT2D eigenvalue weighted by molar-refractivity contribution is -0.319. The first kappa shape index (κ1) is 56.4. The normalized spacial score (nSPS) is 38.8. The Labute approximate surface area is 424 Å². The van der Waals surface area contributed by atoms with Gasteiger partial charge in [-0.3, -0.25) is 9.59 Å². The average Bonchev–Trinajstić information content (AvgIpc) is 3.67. The maximum Gasteiger partial charge on any atom is 0.408 e. The molecular formula is C55H76N2O15. The van der Waals surface area contributed by atoms with Crippen molar-refractivity contribution in [2.75, 3.05) is 27.8 Å². The number of likely N-dealkylation sites (N-methyl/N-ethyl adjacent to an activating group) is 1. The van der Waals surface area contributed by atoms with Crippen molar-refractivity contribution >= 4 is 29.8 Å². The third-order valence-electron chi connectivity index (χ3n) is 15.3. The number of rotatable bonds is 13. The van der Waals surface area contributed by atoms with E-state index in [1.165, 1.54) is 7.11 Å². The zero-order valence-electron chi connectivity index (χ0n) is 44.1. The molecule has 396 valence electrons. The highest BCUT2D eigenvalue weighted by Gasteiger charge is 2.58. The second-order valence-electron chi connectivity index (χ2n) is 20.9. The van der Waals surface area contributed by atoms with Gasteiger partial charge in [0.05, 0.1) is 59.1 Å². The molecule has 1 amide bonds. The molecule has 6 rings (SSSR count). The molecular weight excluding hydrogens is 929 g/mol. The molecule has 4 aliphatic rings. The van der Waals surface area contributed by atoms with Crippen molar-refractivity contribution in [3.8, 4) is 12.3 Å². The molecule has 4 aliphatic heterocycles. The van der Waals surface area contributed by atoms with Crippen molar-refractivity contribution in [3.63, 3.8) is 0 Å². The standard InChI is InChI=1S/C55H76N2O15/c1-15-27-64-54(10)29-31(3)42(58)33(5)45-55(11,72-52(62)56-45)40(16-2)67-48(59)35(7)43(68-41-30-53(9,63-14)47(36(8)66-41)70-50(61)38-25-21-18-22-26-38)34(6)46(54)71-51-44(39(57(12)13)28-32(4)65-51)69-49(60)37-23-19-17-20-24-37/h1,17-26,31-36,39-41,43-47,51H,16,27-30H2,2-14H3,(H,56,62)/t31-,32-,33-,34+,35-,36+,39+,40+,41+,43-,44-,45-,46-,47+,51+,53-,54+,55+/m1/s1. The molecule has 4 fully saturated rings. The summed E-state index contributed by atoms with van der Waals surface area (Å²) in [5.41, 5.74) is -3.39. The first-order valence-electron chi connectivity index (χ1n) is 25.2. The summed E-state index contributed by atoms with van der Waals surface area (Å²) in [5, 5.41) is 2.84. The second-order valence-corrected chi connectivity index (χ2v) is 20.9. The molecule has 1 N–H and O–H groups in total. The van der Waals surface area contributed by atoms with Crippen molar-refractivity contribution in [2.24, 2.45) is 23.7 Å². The van der Waals surface area contributed by atoms with Gasteiger partial charge < -0.3 is 57.6 Å². The minimum Gasteiger partial charge on any atom is -0.458 e. The van der Waals surface area contributed by atoms with Gasteiger partial charge in [-0.15, -0.1) is 6.42 Å². The maximum atomic E-state index is 15.0. The van der Waals surface area contributed by atoms with E-state index in [4.69, 9.17) is 53.8 Å². The number of benzene rings is 2. The lowest BCUT2D eigenvalue weighted by Gasteiger charge is -2.50. The zero-order chi connectivity index (χ0) is 52.9. The predicted octanol–water partition coefficient (Wildman–Crippen LogP) is 6.93. The van der Waals surface area contributed by atoms with Crippen LogP contribution >= 0.6 is 0 Å². The number of hydrogen-bond acceptors (Lipinski definition) is 16. The quantitative estimate of drug-likeness (QED) is 0.123. The molecule has 2 aromatic rings. The molecule has 0 aromatic heterocycles. The van der Waals surface area contributed by atoms with Crippen LogP contribution in [0, 0.1) is 36.0 Å². The zero-order valence-corrected chi connectivity index (χ0v) is 44.1. The molecule has 17 heteroatoms. The average molecular weight is 1010 g/mol. The van der Waals surface area contributed by atoms with Gasteiger partial charge in [0.1, 0.15) is 24.1 Å². The number of methoxy groups -OCH3 is 1. The molecule has 17 nitrogen and oxygen atoms in total. The van der Waals surface area contributed by atoms with Crippen molar-refractivity contribution in [1.82, 2.24) is 10.2 Å². The minimum absolute atomic E-state index is 0.0227. The Morgan fingerprint density at radius 2 is 1.42 bits per heavy atom. The Morgan fingerprint density at radius 1 is 0.806 bits per heavy atom. The van der Waals surface area contributed by atoms with Gasteiger partial charge >= 0.3 is 24.0 Å². The molecule has 0 radical (unpaired) electrons. The molecule has 0 spiro atoms. The lowest BCUT2D eigenvalue weighted by Crippen LogP contribution is -2.62. The summed E-state index contributed by atoms with van der Waals surface area (Å²) in [6.45, 7) is 17.5. The summed E-state index contributed by atoms with van der Waals surface area (Å²) in [4.78, 5) is 72.3. The number of hydrogen-bond donors (Lipinski definition) is 1. The van der Waals surface area contributed by atoms with Gasteiger partial charge in [0.15, 0.2) is 30.4 Å². The first-order valence-corrected chi connectivity index (χ1v) is 25.2. The number of terminal acetylenes is 1. The van der Waals surface area contributed by atoms with Crippen LogP contribution in [0.2, 0.25) is 0 Å². The molecule has 72 heavy (non-hydrogen) atoms. The van der Waals surface area contributed by atoms with Crippen LogP contribution < -0.4 is 5.32 Å². The number of fused-ring (bicyclic) bond motifs is 1. The van der Waals surface area contributed by atoms with E-state index in [-0.39, 0.29) is 37.8 Å². The Morgan fingerprint density at radius 3 is 1.99 bits per heavy atom. The number of cyclic esters (lactones) is 1. The maximum absolute atomic E-state index is 15.0. The Balaban J connectivity index is 1.48. The monoisotopic (exact) mass is 1000 g/mol. The smallest absolute Gasteiger partial charge is 0.408 e. The predicted molar refractivity (Wildman–Crippen MR) is 263 cm³/mol. The van der Waals surface area contributed by atoms with Crippen molar-refractivity contribution in [3.05, 3.63) is 71.8 Å². The lowest BCUT2D eigenvalue weighted by atomic mass is 9.73. The van der Waals surface area contributed by atoms with E-state index in [9.17, 15) is 24.0 Å². The molecule has 4 heterocycles. The van der Waals surface area contributed by atoms with Crippen molar-refractivity contribution in [1.29, 1.82) is 0 Å². The van der Waals surface area contributed by atoms with E-state index >= 15 is 0 Å². The Bertz CT molecular complexity index is 2240. The van der Waals surface area contributed by atoms with Crippen LogP contribution in [0.5, 0.6) is 0 Å². The van der Waals surface area contributed by atoms with Gasteiger partial charge in [-0.05, 0) is 99.2 Å². The fraction of sp³-hybridized carbons (Fsp3) is 0.655. The van der Waals surface area contributed by atoms with E-state index in [1.54, 1.807) is 116 Å². The molecule has 2 aromatic carbocycles. The van der Waals surface area contributed by atoms with E-state index in [2.05, 4.69) is 11.2 Å². The molecule has 4 saturated heterocycles. The third-order valence-corrected chi connectivity index (χ3v) is 15.3. The number of nitrogens with zero attached hydrogens (tertiary/aromatic N) is 1. The summed E-state index contributed by atoms with van der Waals surface area (Å²) in [5.74, 6) is -3.04. The van der Waals surface area contributed by atoms with Crippen LogP contribution in [0.15, 0.2) is 60.7 Å².